The van der Waals surface area contributed by atoms with Gasteiger partial charge in [0.15, 0.2) is 4.88 Å². The molecule has 0 radical (unpaired) electrons. The number of aliphatic hydroxyl groups is 1. The van der Waals surface area contributed by atoms with Crippen molar-refractivity contribution in [1.29, 1.82) is 0 Å². The van der Waals surface area contributed by atoms with Crippen LogP contribution in [0.4, 0.5) is 4.79 Å². The Labute approximate surface area is 166 Å². The van der Waals surface area contributed by atoms with Crippen LogP contribution in [0.3, 0.4) is 0 Å². The molecule has 28 heavy (non-hydrogen) atoms. The first kappa shape index (κ1) is 19.1. The zero-order valence-corrected chi connectivity index (χ0v) is 16.4. The van der Waals surface area contributed by atoms with Gasteiger partial charge in [0.25, 0.3) is 11.8 Å². The molecule has 3 fully saturated rings. The van der Waals surface area contributed by atoms with E-state index in [1.165, 1.54) is 23.2 Å². The van der Waals surface area contributed by atoms with Gasteiger partial charge in [-0.25, -0.2) is 9.78 Å². The lowest BCUT2D eigenvalue weighted by Gasteiger charge is -2.32. The Morgan fingerprint density at radius 2 is 1.96 bits per heavy atom. The number of nitrogens with two attached hydrogens (primary N) is 1. The zero-order chi connectivity index (χ0) is 20.0. The number of urea groups is 1. The fraction of sp³-hybridized carbons (Fsp3) is 0.667. The molecule has 2 aliphatic carbocycles. The quantitative estimate of drug-likeness (QED) is 0.604. The molecule has 0 spiro atoms. The highest BCUT2D eigenvalue weighted by molar-refractivity contribution is 7.14. The van der Waals surface area contributed by atoms with E-state index in [1.54, 1.807) is 0 Å². The number of carbonyl (C=O) groups is 3. The number of aromatic nitrogens is 1. The van der Waals surface area contributed by atoms with Crippen LogP contribution < -0.4 is 15.8 Å². The van der Waals surface area contributed by atoms with Gasteiger partial charge in [-0.1, -0.05) is 0 Å². The second kappa shape index (κ2) is 7.32. The van der Waals surface area contributed by atoms with Crippen LogP contribution in [0.5, 0.6) is 5.88 Å². The Balaban J connectivity index is 1.38. The van der Waals surface area contributed by atoms with Gasteiger partial charge in [0.05, 0.1) is 6.10 Å². The minimum Gasteiger partial charge on any atom is -0.473 e. The summed E-state index contributed by atoms with van der Waals surface area (Å²) in [5.74, 6) is -0.185. The molecule has 2 saturated carbocycles. The fourth-order valence-electron chi connectivity index (χ4n) is 3.83. The number of ether oxygens (including phenoxy) is 1. The van der Waals surface area contributed by atoms with E-state index < -0.39 is 24.1 Å². The minimum atomic E-state index is -0.932. The zero-order valence-electron chi connectivity index (χ0n) is 15.6. The van der Waals surface area contributed by atoms with Crippen molar-refractivity contribution in [3.8, 4) is 5.88 Å². The third-order valence-electron chi connectivity index (χ3n) is 5.53. The first-order chi connectivity index (χ1) is 13.3. The second-order valence-electron chi connectivity index (χ2n) is 7.75. The highest BCUT2D eigenvalue weighted by Crippen LogP contribution is 2.44. The largest absolute Gasteiger partial charge is 0.473 e. The normalized spacial score (nSPS) is 28.9. The predicted octanol–water partition coefficient (Wildman–Crippen LogP) is 1.11. The average molecular weight is 408 g/mol. The molecule has 1 aliphatic heterocycles. The molecular weight excluding hydrogens is 384 g/mol. The lowest BCUT2D eigenvalue weighted by molar-refractivity contribution is -0.131. The SMILES string of the molecule is C[C@@H](O)C1NC(=O)N(C2CCC(Oc3nc(C4CC4)sc3C(N)=O)CC2)C1=O. The Morgan fingerprint density at radius 3 is 2.50 bits per heavy atom. The van der Waals surface area contributed by atoms with Gasteiger partial charge < -0.3 is 20.9 Å². The van der Waals surface area contributed by atoms with E-state index in [4.69, 9.17) is 10.5 Å². The third kappa shape index (κ3) is 3.58. The fourth-order valence-corrected chi connectivity index (χ4v) is 4.85. The van der Waals surface area contributed by atoms with E-state index in [0.29, 0.717) is 42.4 Å². The van der Waals surface area contributed by atoms with Crippen molar-refractivity contribution in [3.05, 3.63) is 9.88 Å². The number of nitrogens with zero attached hydrogens (tertiary/aromatic N) is 2. The predicted molar refractivity (Wildman–Crippen MR) is 100 cm³/mol. The van der Waals surface area contributed by atoms with Gasteiger partial charge in [-0.15, -0.1) is 11.3 Å². The molecule has 4 N–H and O–H groups in total. The van der Waals surface area contributed by atoms with E-state index in [1.807, 2.05) is 0 Å². The summed E-state index contributed by atoms with van der Waals surface area (Å²) in [6, 6.07) is -1.55. The van der Waals surface area contributed by atoms with Gasteiger partial charge in [0.1, 0.15) is 17.2 Å². The van der Waals surface area contributed by atoms with Crippen molar-refractivity contribution in [2.75, 3.05) is 0 Å². The van der Waals surface area contributed by atoms with E-state index in [9.17, 15) is 19.5 Å². The lowest BCUT2D eigenvalue weighted by Crippen LogP contribution is -2.45. The molecule has 10 heteroatoms. The topological polar surface area (TPSA) is 135 Å². The van der Waals surface area contributed by atoms with Crippen molar-refractivity contribution >= 4 is 29.2 Å². The number of amides is 4. The molecule has 1 unspecified atom stereocenters. The first-order valence-electron chi connectivity index (χ1n) is 9.64. The molecule has 2 heterocycles. The van der Waals surface area contributed by atoms with Gasteiger partial charge in [-0.05, 0) is 45.4 Å². The number of primary amides is 1. The van der Waals surface area contributed by atoms with Crippen LogP contribution in [0.1, 0.15) is 66.0 Å². The van der Waals surface area contributed by atoms with Crippen molar-refractivity contribution in [3.63, 3.8) is 0 Å². The molecule has 4 amide bonds. The van der Waals surface area contributed by atoms with Gasteiger partial charge in [-0.2, -0.15) is 0 Å². The van der Waals surface area contributed by atoms with E-state index in [-0.39, 0.29) is 18.1 Å². The van der Waals surface area contributed by atoms with E-state index in [2.05, 4.69) is 10.3 Å². The van der Waals surface area contributed by atoms with Crippen LogP contribution >= 0.6 is 11.3 Å². The summed E-state index contributed by atoms with van der Waals surface area (Å²) < 4.78 is 5.98. The molecule has 152 valence electrons. The highest BCUT2D eigenvalue weighted by Gasteiger charge is 2.45. The van der Waals surface area contributed by atoms with Crippen LogP contribution in [-0.2, 0) is 4.79 Å². The molecule has 2 atom stereocenters. The Kier molecular flexibility index (Phi) is 5.00. The number of hydrogen-bond donors (Lipinski definition) is 3. The molecule has 0 bridgehead atoms. The lowest BCUT2D eigenvalue weighted by atomic mass is 9.91. The van der Waals surface area contributed by atoms with Crippen LogP contribution in [0.15, 0.2) is 0 Å². The summed E-state index contributed by atoms with van der Waals surface area (Å²) in [6.45, 7) is 1.48. The highest BCUT2D eigenvalue weighted by atomic mass is 32.1. The maximum Gasteiger partial charge on any atom is 0.325 e. The van der Waals surface area contributed by atoms with Crippen LogP contribution in [0, 0.1) is 0 Å². The Bertz CT molecular complexity index is 798. The summed E-state index contributed by atoms with van der Waals surface area (Å²) in [6.07, 6.45) is 3.55. The Morgan fingerprint density at radius 1 is 1.29 bits per heavy atom. The molecule has 4 rings (SSSR count). The Hall–Kier alpha value is -2.20. The third-order valence-corrected chi connectivity index (χ3v) is 6.75. The number of hydrogen-bond acceptors (Lipinski definition) is 7. The monoisotopic (exact) mass is 408 g/mol. The molecule has 9 nitrogen and oxygen atoms in total. The molecule has 0 aromatic carbocycles. The van der Waals surface area contributed by atoms with Crippen LogP contribution in [0.2, 0.25) is 0 Å². The van der Waals surface area contributed by atoms with Gasteiger partial charge in [-0.3, -0.25) is 14.5 Å². The molecular formula is C18H24N4O5S. The minimum absolute atomic E-state index is 0.142. The van der Waals surface area contributed by atoms with Crippen molar-refractivity contribution in [2.45, 2.75) is 75.7 Å². The van der Waals surface area contributed by atoms with Gasteiger partial charge in [0, 0.05) is 12.0 Å². The summed E-state index contributed by atoms with van der Waals surface area (Å²) in [5, 5.41) is 13.1. The molecule has 3 aliphatic rings. The molecule has 1 aromatic heterocycles. The van der Waals surface area contributed by atoms with Crippen LogP contribution in [0.25, 0.3) is 0 Å². The number of imide groups is 1. The molecule has 1 aromatic rings. The standard InChI is InChI=1S/C18H24N4O5S/c1-8(23)12-17(25)22(18(26)20-12)10-4-6-11(7-5-10)27-15-13(14(19)24)28-16(21-15)9-2-3-9/h8-12,23H,2-7H2,1H3,(H2,19,24)(H,20,26)/t8-,10?,11?,12?/m1/s1. The number of carbonyl (C=O) groups excluding carboxylic acids is 3. The maximum absolute atomic E-state index is 12.4. The average Bonchev–Trinajstić information content (AvgIpc) is 3.34. The number of rotatable bonds is 6. The first-order valence-corrected chi connectivity index (χ1v) is 10.5. The molecule has 1 saturated heterocycles. The number of aliphatic hydroxyl groups excluding tert-OH is 1. The van der Waals surface area contributed by atoms with Gasteiger partial charge >= 0.3 is 6.03 Å². The summed E-state index contributed by atoms with van der Waals surface area (Å²) in [5.41, 5.74) is 5.47. The number of thiazole rings is 1. The number of nitrogens with one attached hydrogen (secondary N) is 1. The van der Waals surface area contributed by atoms with Crippen LogP contribution in [-0.4, -0.2) is 57.1 Å². The van der Waals surface area contributed by atoms with E-state index >= 15 is 0 Å². The summed E-state index contributed by atoms with van der Waals surface area (Å²) >= 11 is 1.31. The summed E-state index contributed by atoms with van der Waals surface area (Å²) in [7, 11) is 0. The van der Waals surface area contributed by atoms with Crippen molar-refractivity contribution in [1.82, 2.24) is 15.2 Å². The summed E-state index contributed by atoms with van der Waals surface area (Å²) in [4.78, 5) is 42.3. The smallest absolute Gasteiger partial charge is 0.325 e. The van der Waals surface area contributed by atoms with E-state index in [0.717, 1.165) is 17.8 Å². The van der Waals surface area contributed by atoms with Gasteiger partial charge in [0.2, 0.25) is 5.88 Å². The van der Waals surface area contributed by atoms with Crippen molar-refractivity contribution in [2.24, 2.45) is 5.73 Å². The van der Waals surface area contributed by atoms with Crippen molar-refractivity contribution < 1.29 is 24.2 Å². The maximum atomic E-state index is 12.4. The second-order valence-corrected chi connectivity index (χ2v) is 8.78.